The van der Waals surface area contributed by atoms with Crippen LogP contribution in [0.3, 0.4) is 0 Å². The molecule has 31 heavy (non-hydrogen) atoms. The second-order valence-electron chi connectivity index (χ2n) is 8.82. The van der Waals surface area contributed by atoms with Crippen LogP contribution in [0.2, 0.25) is 0 Å². The summed E-state index contributed by atoms with van der Waals surface area (Å²) in [5, 5.41) is 0. The zero-order valence-corrected chi connectivity index (χ0v) is 18.3. The van der Waals surface area contributed by atoms with E-state index in [0.29, 0.717) is 17.8 Å². The van der Waals surface area contributed by atoms with E-state index in [4.69, 9.17) is 15.5 Å². The zero-order valence-electron chi connectivity index (χ0n) is 18.3. The first-order valence-corrected chi connectivity index (χ1v) is 11.0. The summed E-state index contributed by atoms with van der Waals surface area (Å²) in [4.78, 5) is 21.3. The minimum atomic E-state index is -0.0522. The van der Waals surface area contributed by atoms with Gasteiger partial charge in [-0.15, -0.1) is 0 Å². The number of piperidine rings is 1. The van der Waals surface area contributed by atoms with E-state index in [2.05, 4.69) is 23.1 Å². The van der Waals surface area contributed by atoms with Crippen LogP contribution in [0.1, 0.15) is 38.8 Å². The molecule has 0 radical (unpaired) electrons. The van der Waals surface area contributed by atoms with Crippen LogP contribution in [-0.4, -0.2) is 45.9 Å². The molecule has 162 valence electrons. The zero-order chi connectivity index (χ0) is 21.7. The van der Waals surface area contributed by atoms with E-state index >= 15 is 0 Å². The largest absolute Gasteiger partial charge is 0.482 e. The van der Waals surface area contributed by atoms with Gasteiger partial charge in [-0.25, -0.2) is 4.98 Å². The molecule has 1 amide bonds. The van der Waals surface area contributed by atoms with E-state index < -0.39 is 0 Å². The highest BCUT2D eigenvalue weighted by Crippen LogP contribution is 2.37. The number of benzene rings is 1. The summed E-state index contributed by atoms with van der Waals surface area (Å²) in [5.74, 6) is 0.669. The number of anilines is 2. The highest BCUT2D eigenvalue weighted by atomic mass is 16.5. The maximum absolute atomic E-state index is 12.1. The van der Waals surface area contributed by atoms with Gasteiger partial charge in [0, 0.05) is 43.1 Å². The molecule has 1 aromatic carbocycles. The summed E-state index contributed by atoms with van der Waals surface area (Å²) in [6, 6.07) is 10.8. The smallest absolute Gasteiger partial charge is 0.264 e. The Labute approximate surface area is 182 Å². The van der Waals surface area contributed by atoms with Crippen molar-refractivity contribution in [3.63, 3.8) is 0 Å². The number of rotatable bonds is 3. The van der Waals surface area contributed by atoms with E-state index in [1.54, 1.807) is 11.9 Å². The summed E-state index contributed by atoms with van der Waals surface area (Å²) >= 11 is 0. The Morgan fingerprint density at radius 3 is 2.71 bits per heavy atom. The van der Waals surface area contributed by atoms with Crippen molar-refractivity contribution in [1.82, 2.24) is 14.3 Å². The first kappa shape index (κ1) is 19.9. The van der Waals surface area contributed by atoms with Crippen molar-refractivity contribution in [2.24, 2.45) is 0 Å². The molecule has 2 N–H and O–H groups in total. The van der Waals surface area contributed by atoms with Gasteiger partial charge in [0.15, 0.2) is 6.61 Å². The predicted molar refractivity (Wildman–Crippen MR) is 122 cm³/mol. The number of fused-ring (bicyclic) bond motifs is 2. The van der Waals surface area contributed by atoms with Crippen LogP contribution in [0.15, 0.2) is 36.5 Å². The van der Waals surface area contributed by atoms with Gasteiger partial charge >= 0.3 is 0 Å². The lowest BCUT2D eigenvalue weighted by atomic mass is 9.97. The van der Waals surface area contributed by atoms with Crippen LogP contribution in [0, 0.1) is 0 Å². The number of likely N-dealkylation sites (tertiary alicyclic amines) is 1. The number of hydrogen-bond donors (Lipinski definition) is 1. The topological polar surface area (TPSA) is 76.1 Å². The molecule has 2 aromatic heterocycles. The SMILES string of the molecule is CC1CCCC(C)N1Cc1c(-c2ccc3c(c2)N(C)C(=O)CO3)nc2ccc(N)cn12. The van der Waals surface area contributed by atoms with Gasteiger partial charge in [0.2, 0.25) is 0 Å². The van der Waals surface area contributed by atoms with Gasteiger partial charge in [-0.05, 0) is 57.0 Å². The lowest BCUT2D eigenvalue weighted by molar-refractivity contribution is -0.120. The molecule has 2 atom stereocenters. The van der Waals surface area contributed by atoms with Crippen LogP contribution < -0.4 is 15.4 Å². The Morgan fingerprint density at radius 2 is 1.94 bits per heavy atom. The standard InChI is InChI=1S/C24H29N5O2/c1-15-5-4-6-16(2)28(15)13-20-24(26-22-10-8-18(25)12-29(20)22)17-7-9-21-19(11-17)27(3)23(30)14-31-21/h7-12,15-16H,4-6,13-14,25H2,1-3H3. The van der Waals surface area contributed by atoms with Gasteiger partial charge in [-0.1, -0.05) is 6.42 Å². The molecule has 0 bridgehead atoms. The molecule has 7 nitrogen and oxygen atoms in total. The van der Waals surface area contributed by atoms with Crippen LogP contribution in [0.5, 0.6) is 5.75 Å². The number of nitrogen functional groups attached to an aromatic ring is 1. The second kappa shape index (κ2) is 7.57. The number of carbonyl (C=O) groups is 1. The number of aromatic nitrogens is 2. The second-order valence-corrected chi connectivity index (χ2v) is 8.82. The first-order chi connectivity index (χ1) is 14.9. The quantitative estimate of drug-likeness (QED) is 0.701. The summed E-state index contributed by atoms with van der Waals surface area (Å²) in [6.07, 6.45) is 5.65. The molecule has 0 spiro atoms. The van der Waals surface area contributed by atoms with E-state index in [0.717, 1.165) is 40.6 Å². The maximum Gasteiger partial charge on any atom is 0.264 e. The Hall–Kier alpha value is -3.06. The third-order valence-corrected chi connectivity index (χ3v) is 6.77. The molecular weight excluding hydrogens is 390 g/mol. The van der Waals surface area contributed by atoms with Gasteiger partial charge < -0.3 is 19.8 Å². The highest BCUT2D eigenvalue weighted by Gasteiger charge is 2.28. The molecule has 2 aliphatic heterocycles. The minimum absolute atomic E-state index is 0.0522. The summed E-state index contributed by atoms with van der Waals surface area (Å²) in [5.41, 5.74) is 11.5. The van der Waals surface area contributed by atoms with Gasteiger partial charge in [0.1, 0.15) is 11.4 Å². The van der Waals surface area contributed by atoms with Crippen molar-refractivity contribution in [2.75, 3.05) is 24.3 Å². The average Bonchev–Trinajstić information content (AvgIpc) is 3.11. The highest BCUT2D eigenvalue weighted by molar-refractivity contribution is 5.98. The Balaban J connectivity index is 1.64. The van der Waals surface area contributed by atoms with Gasteiger partial charge in [0.05, 0.1) is 17.1 Å². The minimum Gasteiger partial charge on any atom is -0.482 e. The Morgan fingerprint density at radius 1 is 1.16 bits per heavy atom. The molecule has 4 heterocycles. The fourth-order valence-electron chi connectivity index (χ4n) is 4.87. The van der Waals surface area contributed by atoms with E-state index in [9.17, 15) is 4.79 Å². The Bertz CT molecular complexity index is 1140. The van der Waals surface area contributed by atoms with E-state index in [1.165, 1.54) is 19.3 Å². The number of likely N-dealkylation sites (N-methyl/N-ethyl adjacent to an activating group) is 1. The molecule has 7 heteroatoms. The third kappa shape index (κ3) is 3.43. The number of amides is 1. The lowest BCUT2D eigenvalue weighted by Gasteiger charge is -2.39. The normalized spacial score (nSPS) is 21.9. The average molecular weight is 420 g/mol. The number of nitrogens with two attached hydrogens (primary N) is 1. The van der Waals surface area contributed by atoms with Crippen molar-refractivity contribution in [3.05, 3.63) is 42.2 Å². The monoisotopic (exact) mass is 419 g/mol. The molecule has 0 aliphatic carbocycles. The van der Waals surface area contributed by atoms with Crippen molar-refractivity contribution < 1.29 is 9.53 Å². The van der Waals surface area contributed by atoms with Crippen molar-refractivity contribution in [2.45, 2.75) is 51.7 Å². The number of carbonyl (C=O) groups excluding carboxylic acids is 1. The fourth-order valence-corrected chi connectivity index (χ4v) is 4.87. The van der Waals surface area contributed by atoms with Gasteiger partial charge in [-0.3, -0.25) is 9.69 Å². The lowest BCUT2D eigenvalue weighted by Crippen LogP contribution is -2.43. The number of nitrogens with zero attached hydrogens (tertiary/aromatic N) is 4. The maximum atomic E-state index is 12.1. The van der Waals surface area contributed by atoms with Gasteiger partial charge in [0.25, 0.3) is 5.91 Å². The molecule has 1 saturated heterocycles. The number of hydrogen-bond acceptors (Lipinski definition) is 5. The fraction of sp³-hybridized carbons (Fsp3) is 0.417. The Kier molecular flexibility index (Phi) is 4.85. The molecule has 3 aromatic rings. The van der Waals surface area contributed by atoms with E-state index in [1.807, 2.05) is 36.5 Å². The van der Waals surface area contributed by atoms with Gasteiger partial charge in [-0.2, -0.15) is 0 Å². The van der Waals surface area contributed by atoms with E-state index in [-0.39, 0.29) is 12.5 Å². The molecule has 2 unspecified atom stereocenters. The molecule has 5 rings (SSSR count). The number of pyridine rings is 1. The van der Waals surface area contributed by atoms with Crippen LogP contribution in [-0.2, 0) is 11.3 Å². The van der Waals surface area contributed by atoms with Crippen molar-refractivity contribution in [1.29, 1.82) is 0 Å². The number of imidazole rings is 1. The molecule has 2 aliphatic rings. The summed E-state index contributed by atoms with van der Waals surface area (Å²) in [6.45, 7) is 5.49. The van der Waals surface area contributed by atoms with Crippen LogP contribution in [0.25, 0.3) is 16.9 Å². The van der Waals surface area contributed by atoms with Crippen LogP contribution in [0.4, 0.5) is 11.4 Å². The summed E-state index contributed by atoms with van der Waals surface area (Å²) in [7, 11) is 1.79. The molecular formula is C24H29N5O2. The van der Waals surface area contributed by atoms with Crippen LogP contribution >= 0.6 is 0 Å². The predicted octanol–water partition coefficient (Wildman–Crippen LogP) is 3.70. The first-order valence-electron chi connectivity index (χ1n) is 11.0. The number of ether oxygens (including phenoxy) is 1. The molecule has 0 saturated carbocycles. The van der Waals surface area contributed by atoms with Crippen molar-refractivity contribution in [3.8, 4) is 17.0 Å². The summed E-state index contributed by atoms with van der Waals surface area (Å²) < 4.78 is 7.72. The van der Waals surface area contributed by atoms with Crippen molar-refractivity contribution >= 4 is 22.9 Å². The third-order valence-electron chi connectivity index (χ3n) is 6.77. The molecule has 1 fully saturated rings.